The van der Waals surface area contributed by atoms with Crippen LogP contribution in [0, 0.1) is 6.92 Å². The molecule has 1 heterocycles. The van der Waals surface area contributed by atoms with Gasteiger partial charge in [-0.15, -0.1) is 0 Å². The first-order valence-electron chi connectivity index (χ1n) is 5.68. The van der Waals surface area contributed by atoms with E-state index in [1.54, 1.807) is 13.0 Å². The van der Waals surface area contributed by atoms with Crippen LogP contribution in [-0.2, 0) is 19.9 Å². The molecular weight excluding hydrogens is 290 g/mol. The smallest absolute Gasteiger partial charge is 0.241 e. The number of hydrogen-bond acceptors (Lipinski definition) is 5. The third kappa shape index (κ3) is 3.46. The van der Waals surface area contributed by atoms with Gasteiger partial charge in [0.2, 0.25) is 10.0 Å². The lowest BCUT2D eigenvalue weighted by molar-refractivity contribution is 0.223. The number of aryl methyl sites for hydroxylation is 1. The molecule has 0 saturated carbocycles. The van der Waals surface area contributed by atoms with Gasteiger partial charge in [0.15, 0.2) is 9.84 Å². The predicted octanol–water partition coefficient (Wildman–Crippen LogP) is 0.208. The third-order valence-electron chi connectivity index (χ3n) is 2.89. The van der Waals surface area contributed by atoms with E-state index in [0.717, 1.165) is 5.56 Å². The van der Waals surface area contributed by atoms with Gasteiger partial charge in [0.05, 0.1) is 11.5 Å². The van der Waals surface area contributed by atoms with Crippen molar-refractivity contribution < 1.29 is 21.6 Å². The van der Waals surface area contributed by atoms with Gasteiger partial charge in [0.25, 0.3) is 0 Å². The standard InChI is InChI=1S/C11H15NO5S2/c1-8-2-3-10(11(6-8)19(12,15)16)17-9-4-5-18(13,14)7-9/h2-3,6,9H,4-5,7H2,1H3,(H2,12,15,16). The molecule has 0 aliphatic carbocycles. The summed E-state index contributed by atoms with van der Waals surface area (Å²) in [4.78, 5) is -0.114. The zero-order valence-electron chi connectivity index (χ0n) is 10.4. The molecule has 0 aromatic heterocycles. The summed E-state index contributed by atoms with van der Waals surface area (Å²) in [5.41, 5.74) is 0.732. The van der Waals surface area contributed by atoms with Crippen LogP contribution in [0.1, 0.15) is 12.0 Å². The lowest BCUT2D eigenvalue weighted by atomic mass is 10.2. The molecule has 1 aromatic rings. The highest BCUT2D eigenvalue weighted by Gasteiger charge is 2.30. The van der Waals surface area contributed by atoms with Crippen molar-refractivity contribution in [3.05, 3.63) is 23.8 Å². The molecule has 1 atom stereocenters. The van der Waals surface area contributed by atoms with Crippen molar-refractivity contribution in [2.75, 3.05) is 11.5 Å². The molecule has 0 radical (unpaired) electrons. The van der Waals surface area contributed by atoms with Crippen molar-refractivity contribution in [3.63, 3.8) is 0 Å². The molecule has 106 valence electrons. The number of sulfone groups is 1. The maximum Gasteiger partial charge on any atom is 0.241 e. The summed E-state index contributed by atoms with van der Waals surface area (Å²) in [6, 6.07) is 4.60. The van der Waals surface area contributed by atoms with E-state index in [1.165, 1.54) is 12.1 Å². The molecule has 1 saturated heterocycles. The van der Waals surface area contributed by atoms with Gasteiger partial charge < -0.3 is 4.74 Å². The number of benzene rings is 1. The molecule has 8 heteroatoms. The van der Waals surface area contributed by atoms with Crippen molar-refractivity contribution in [3.8, 4) is 5.75 Å². The zero-order chi connectivity index (χ0) is 14.3. The molecule has 1 aromatic carbocycles. The number of rotatable bonds is 3. The lowest BCUT2D eigenvalue weighted by Gasteiger charge is -2.15. The summed E-state index contributed by atoms with van der Waals surface area (Å²) >= 11 is 0. The Bertz CT molecular complexity index is 694. The van der Waals surface area contributed by atoms with Crippen LogP contribution in [0.3, 0.4) is 0 Å². The Morgan fingerprint density at radius 2 is 2.05 bits per heavy atom. The highest BCUT2D eigenvalue weighted by atomic mass is 32.2. The minimum atomic E-state index is -3.90. The number of sulfonamides is 1. The molecule has 1 aliphatic heterocycles. The summed E-state index contributed by atoms with van der Waals surface area (Å²) in [6.45, 7) is 1.73. The second-order valence-electron chi connectivity index (χ2n) is 4.64. The average Bonchev–Trinajstić information content (AvgIpc) is 2.59. The van der Waals surface area contributed by atoms with E-state index in [0.29, 0.717) is 6.42 Å². The molecule has 0 spiro atoms. The van der Waals surface area contributed by atoms with E-state index in [4.69, 9.17) is 9.88 Å². The number of primary sulfonamides is 1. The Morgan fingerprint density at radius 1 is 1.37 bits per heavy atom. The van der Waals surface area contributed by atoms with Crippen molar-refractivity contribution >= 4 is 19.9 Å². The van der Waals surface area contributed by atoms with E-state index in [9.17, 15) is 16.8 Å². The number of hydrogen-bond donors (Lipinski definition) is 1. The first-order chi connectivity index (χ1) is 8.67. The first-order valence-corrected chi connectivity index (χ1v) is 9.05. The van der Waals surface area contributed by atoms with E-state index in [1.807, 2.05) is 0 Å². The maximum absolute atomic E-state index is 11.5. The topological polar surface area (TPSA) is 104 Å². The quantitative estimate of drug-likeness (QED) is 0.859. The molecule has 6 nitrogen and oxygen atoms in total. The fraction of sp³-hybridized carbons (Fsp3) is 0.455. The SMILES string of the molecule is Cc1ccc(OC2CCS(=O)(=O)C2)c(S(N)(=O)=O)c1. The molecule has 2 N–H and O–H groups in total. The minimum Gasteiger partial charge on any atom is -0.488 e. The van der Waals surface area contributed by atoms with Crippen molar-refractivity contribution in [2.24, 2.45) is 5.14 Å². The second kappa shape index (κ2) is 4.77. The molecular formula is C11H15NO5S2. The third-order valence-corrected chi connectivity index (χ3v) is 5.56. The lowest BCUT2D eigenvalue weighted by Crippen LogP contribution is -2.21. The Balaban J connectivity index is 2.31. The molecule has 1 aliphatic rings. The Morgan fingerprint density at radius 3 is 2.58 bits per heavy atom. The molecule has 2 rings (SSSR count). The van der Waals surface area contributed by atoms with Gasteiger partial charge in [-0.3, -0.25) is 0 Å². The van der Waals surface area contributed by atoms with Crippen LogP contribution in [-0.4, -0.2) is 34.4 Å². The molecule has 0 amide bonds. The molecule has 1 fully saturated rings. The van der Waals surface area contributed by atoms with Crippen LogP contribution in [0.2, 0.25) is 0 Å². The summed E-state index contributed by atoms with van der Waals surface area (Å²) < 4.78 is 51.1. The summed E-state index contributed by atoms with van der Waals surface area (Å²) in [5.74, 6) is 0.0781. The second-order valence-corrected chi connectivity index (χ2v) is 8.40. The Hall–Kier alpha value is -1.12. The highest BCUT2D eigenvalue weighted by molar-refractivity contribution is 7.91. The van der Waals surface area contributed by atoms with Gasteiger partial charge in [-0.1, -0.05) is 6.07 Å². The van der Waals surface area contributed by atoms with Crippen LogP contribution >= 0.6 is 0 Å². The monoisotopic (exact) mass is 305 g/mol. The van der Waals surface area contributed by atoms with Crippen LogP contribution in [0.15, 0.2) is 23.1 Å². The summed E-state index contributed by atoms with van der Waals surface area (Å²) in [6.07, 6.45) is -0.159. The largest absolute Gasteiger partial charge is 0.488 e. The van der Waals surface area contributed by atoms with Gasteiger partial charge >= 0.3 is 0 Å². The van der Waals surface area contributed by atoms with Gasteiger partial charge in [0.1, 0.15) is 16.7 Å². The number of nitrogens with two attached hydrogens (primary N) is 1. The maximum atomic E-state index is 11.5. The molecule has 0 bridgehead atoms. The average molecular weight is 305 g/mol. The van der Waals surface area contributed by atoms with Crippen molar-refractivity contribution in [2.45, 2.75) is 24.3 Å². The van der Waals surface area contributed by atoms with Crippen LogP contribution < -0.4 is 9.88 Å². The molecule has 1 unspecified atom stereocenters. The van der Waals surface area contributed by atoms with Gasteiger partial charge in [0, 0.05) is 0 Å². The van der Waals surface area contributed by atoms with Crippen LogP contribution in [0.4, 0.5) is 0 Å². The number of ether oxygens (including phenoxy) is 1. The predicted molar refractivity (Wildman–Crippen MR) is 70.2 cm³/mol. The van der Waals surface area contributed by atoms with E-state index in [2.05, 4.69) is 0 Å². The molecule has 19 heavy (non-hydrogen) atoms. The van der Waals surface area contributed by atoms with E-state index < -0.39 is 26.0 Å². The van der Waals surface area contributed by atoms with Crippen molar-refractivity contribution in [1.29, 1.82) is 0 Å². The van der Waals surface area contributed by atoms with Gasteiger partial charge in [-0.05, 0) is 31.0 Å². The highest BCUT2D eigenvalue weighted by Crippen LogP contribution is 2.27. The van der Waals surface area contributed by atoms with Gasteiger partial charge in [-0.2, -0.15) is 0 Å². The van der Waals surface area contributed by atoms with Gasteiger partial charge in [-0.25, -0.2) is 22.0 Å². The summed E-state index contributed by atoms with van der Waals surface area (Å²) in [7, 11) is -6.98. The fourth-order valence-corrected chi connectivity index (χ4v) is 4.30. The Kier molecular flexibility index (Phi) is 3.59. The summed E-state index contributed by atoms with van der Waals surface area (Å²) in [5, 5.41) is 5.13. The normalized spacial score (nSPS) is 22.3. The van der Waals surface area contributed by atoms with Crippen LogP contribution in [0.5, 0.6) is 5.75 Å². The van der Waals surface area contributed by atoms with Crippen molar-refractivity contribution in [1.82, 2.24) is 0 Å². The minimum absolute atomic E-state index is 0.0637. The first kappa shape index (κ1) is 14.3. The van der Waals surface area contributed by atoms with E-state index in [-0.39, 0.29) is 22.2 Å². The van der Waals surface area contributed by atoms with Crippen LogP contribution in [0.25, 0.3) is 0 Å². The zero-order valence-corrected chi connectivity index (χ0v) is 12.0. The van der Waals surface area contributed by atoms with E-state index >= 15 is 0 Å². The fourth-order valence-electron chi connectivity index (χ4n) is 1.97. The Labute approximate surface area is 112 Å².